The molecule has 10 heteroatoms. The monoisotopic (exact) mass is 683 g/mol. The number of fused-ring (bicyclic) bond motifs is 4. The number of carbonyl (C=O) groups is 1. The maximum Gasteiger partial charge on any atom is 0.290 e. The number of aryl methyl sites for hydroxylation is 1. The van der Waals surface area contributed by atoms with Crippen molar-refractivity contribution < 1.29 is 34.3 Å². The van der Waals surface area contributed by atoms with Gasteiger partial charge in [0.1, 0.15) is 6.10 Å². The summed E-state index contributed by atoms with van der Waals surface area (Å²) in [5.74, 6) is 1.81. The molecule has 10 nitrogen and oxygen atoms in total. The van der Waals surface area contributed by atoms with Crippen molar-refractivity contribution >= 4 is 5.91 Å². The largest absolute Gasteiger partial charge is 0.390 e. The summed E-state index contributed by atoms with van der Waals surface area (Å²) in [6.45, 7) is 16.6. The lowest BCUT2D eigenvalue weighted by Gasteiger charge is -2.64. The molecule has 2 spiro atoms. The Balaban J connectivity index is 1.01. The van der Waals surface area contributed by atoms with E-state index < -0.39 is 30.2 Å². The number of hydrogen-bond acceptors (Lipinski definition) is 8. The molecule has 3 N–H and O–H groups in total. The second-order valence-electron chi connectivity index (χ2n) is 19.2. The van der Waals surface area contributed by atoms with Crippen LogP contribution in [-0.4, -0.2) is 97.8 Å². The van der Waals surface area contributed by atoms with Crippen LogP contribution in [0.1, 0.15) is 110 Å². The van der Waals surface area contributed by atoms with E-state index in [1.807, 2.05) is 11.9 Å². The van der Waals surface area contributed by atoms with Crippen LogP contribution in [-0.2, 0) is 21.3 Å². The lowest BCUT2D eigenvalue weighted by atomic mass is 9.41. The van der Waals surface area contributed by atoms with Crippen LogP contribution in [0.5, 0.6) is 0 Å². The zero-order chi connectivity index (χ0) is 35.1. The first kappa shape index (κ1) is 34.5. The molecule has 0 radical (unpaired) electrons. The van der Waals surface area contributed by atoms with E-state index in [1.165, 1.54) is 12.8 Å². The molecule has 1 aromatic heterocycles. The van der Waals surface area contributed by atoms with Crippen LogP contribution in [0.2, 0.25) is 0 Å². The zero-order valence-electron chi connectivity index (χ0n) is 31.0. The Labute approximate surface area is 292 Å². The van der Waals surface area contributed by atoms with Crippen LogP contribution >= 0.6 is 0 Å². The Hall–Kier alpha value is -1.56. The summed E-state index contributed by atoms with van der Waals surface area (Å²) >= 11 is 0. The van der Waals surface area contributed by atoms with Gasteiger partial charge in [-0.2, -0.15) is 0 Å². The van der Waals surface area contributed by atoms with E-state index in [-0.39, 0.29) is 57.0 Å². The van der Waals surface area contributed by atoms with Crippen molar-refractivity contribution in [3.63, 3.8) is 0 Å². The summed E-state index contributed by atoms with van der Waals surface area (Å²) in [7, 11) is 1.84. The van der Waals surface area contributed by atoms with E-state index in [0.29, 0.717) is 43.8 Å². The number of rotatable bonds is 5. The number of morpholine rings is 1. The Bertz CT molecular complexity index is 1470. The third-order valence-corrected chi connectivity index (χ3v) is 16.5. The van der Waals surface area contributed by atoms with Gasteiger partial charge in [0, 0.05) is 31.4 Å². The molecule has 2 aliphatic heterocycles. The fraction of sp³-hybridized carbons (Fsp3) is 0.897. The zero-order valence-corrected chi connectivity index (χ0v) is 31.0. The van der Waals surface area contributed by atoms with E-state index in [4.69, 9.17) is 14.2 Å². The SMILES string of the molecule is C[C@@H]1CC([C@H](O)C(C)(C)O)OC2[C@H]1[C@@]1(C)CC[C@@]34C[C@@]35CCC(O[C@H]3CN(C(=O)c6nccn6C)CCO3)C(C)(C)[C@@H]5CCC4[C@]1(C)[C@H]2O. The molecule has 5 saturated carbocycles. The van der Waals surface area contributed by atoms with Gasteiger partial charge in [0.25, 0.3) is 5.91 Å². The fourth-order valence-corrected chi connectivity index (χ4v) is 14.0. The topological polar surface area (TPSA) is 127 Å². The fourth-order valence-electron chi connectivity index (χ4n) is 14.0. The molecule has 1 aromatic rings. The number of hydrogen-bond donors (Lipinski definition) is 3. The first-order chi connectivity index (χ1) is 22.9. The number of amides is 1. The second-order valence-corrected chi connectivity index (χ2v) is 19.2. The molecule has 14 atom stereocenters. The van der Waals surface area contributed by atoms with Crippen molar-refractivity contribution in [3.8, 4) is 0 Å². The Morgan fingerprint density at radius 3 is 2.51 bits per heavy atom. The Morgan fingerprint density at radius 2 is 1.82 bits per heavy atom. The van der Waals surface area contributed by atoms with Crippen LogP contribution in [0.3, 0.4) is 0 Å². The number of aromatic nitrogens is 2. The van der Waals surface area contributed by atoms with Crippen LogP contribution in [0.25, 0.3) is 0 Å². The van der Waals surface area contributed by atoms with E-state index in [1.54, 1.807) is 30.8 Å². The van der Waals surface area contributed by atoms with Gasteiger partial charge in [0.05, 0.1) is 43.2 Å². The summed E-state index contributed by atoms with van der Waals surface area (Å²) in [5, 5.41) is 34.2. The molecule has 274 valence electrons. The molecule has 0 bridgehead atoms. The van der Waals surface area contributed by atoms with Gasteiger partial charge in [0.15, 0.2) is 12.1 Å². The van der Waals surface area contributed by atoms with Gasteiger partial charge in [-0.1, -0.05) is 34.6 Å². The number of imidazole rings is 1. The molecule has 8 rings (SSSR count). The lowest BCUT2D eigenvalue weighted by molar-refractivity contribution is -0.245. The van der Waals surface area contributed by atoms with Gasteiger partial charge < -0.3 is 39.0 Å². The molecular weight excluding hydrogens is 622 g/mol. The van der Waals surface area contributed by atoms with Gasteiger partial charge in [-0.15, -0.1) is 0 Å². The molecule has 0 aromatic carbocycles. The molecular formula is C39H61N3O7. The van der Waals surface area contributed by atoms with Crippen LogP contribution in [0.15, 0.2) is 12.4 Å². The van der Waals surface area contributed by atoms with Crippen molar-refractivity contribution in [2.24, 2.45) is 57.8 Å². The Morgan fingerprint density at radius 1 is 1.10 bits per heavy atom. The van der Waals surface area contributed by atoms with Gasteiger partial charge in [-0.05, 0) is 111 Å². The van der Waals surface area contributed by atoms with Crippen LogP contribution in [0, 0.1) is 50.7 Å². The van der Waals surface area contributed by atoms with Crippen LogP contribution < -0.4 is 0 Å². The van der Waals surface area contributed by atoms with E-state index in [0.717, 1.165) is 32.1 Å². The number of carbonyl (C=O) groups excluding carboxylic acids is 1. The highest BCUT2D eigenvalue weighted by Crippen LogP contribution is 2.89. The minimum atomic E-state index is -1.26. The Kier molecular flexibility index (Phi) is 7.74. The van der Waals surface area contributed by atoms with Crippen molar-refractivity contribution in [1.29, 1.82) is 0 Å². The van der Waals surface area contributed by atoms with Gasteiger partial charge in [-0.3, -0.25) is 4.79 Å². The highest BCUT2D eigenvalue weighted by atomic mass is 16.7. The van der Waals surface area contributed by atoms with E-state index in [2.05, 4.69) is 39.6 Å². The summed E-state index contributed by atoms with van der Waals surface area (Å²) in [6, 6.07) is 0. The smallest absolute Gasteiger partial charge is 0.290 e. The minimum absolute atomic E-state index is 0.0447. The normalized spacial score (nSPS) is 49.2. The van der Waals surface area contributed by atoms with Crippen molar-refractivity contribution in [1.82, 2.24) is 14.5 Å². The lowest BCUT2D eigenvalue weighted by Crippen LogP contribution is -2.60. The van der Waals surface area contributed by atoms with Gasteiger partial charge in [-0.25, -0.2) is 4.98 Å². The summed E-state index contributed by atoms with van der Waals surface area (Å²) < 4.78 is 21.4. The average Bonchev–Trinajstić information content (AvgIpc) is 3.45. The first-order valence-electron chi connectivity index (χ1n) is 19.2. The molecule has 7 aliphatic rings. The molecule has 49 heavy (non-hydrogen) atoms. The maximum atomic E-state index is 13.2. The third kappa shape index (κ3) is 4.52. The highest BCUT2D eigenvalue weighted by Gasteiger charge is 2.84. The summed E-state index contributed by atoms with van der Waals surface area (Å²) in [4.78, 5) is 19.3. The average molecular weight is 684 g/mol. The molecule has 5 aliphatic carbocycles. The molecule has 7 fully saturated rings. The number of aliphatic hydroxyl groups excluding tert-OH is 2. The van der Waals surface area contributed by atoms with Crippen molar-refractivity contribution in [2.45, 2.75) is 142 Å². The van der Waals surface area contributed by atoms with Crippen molar-refractivity contribution in [2.75, 3.05) is 19.7 Å². The number of nitrogens with zero attached hydrogens (tertiary/aromatic N) is 3. The van der Waals surface area contributed by atoms with Gasteiger partial charge in [0.2, 0.25) is 0 Å². The van der Waals surface area contributed by atoms with E-state index in [9.17, 15) is 20.1 Å². The predicted octanol–water partition coefficient (Wildman–Crippen LogP) is 4.55. The number of ether oxygens (including phenoxy) is 3. The standard InChI is InChI=1S/C39H61N3O7/c1-22-19-23(30(43)35(4,5)46)48-29-28(22)36(6)13-14-39-21-38(39)12-11-26(34(2,3)24(38)9-10-25(39)37(36,7)31(29)44)49-27-20-42(17-18-47-27)33(45)32-40-15-16-41(32)8/h15-16,22-31,43-44,46H,9-14,17-21H2,1-8H3/t22-,23?,24+,25?,26?,27+,28+,29?,30+,31+,36-,37-,38-,39+/m1/s1. The maximum absolute atomic E-state index is 13.2. The minimum Gasteiger partial charge on any atom is -0.390 e. The summed E-state index contributed by atoms with van der Waals surface area (Å²) in [6.07, 6.45) is 9.19. The first-order valence-corrected chi connectivity index (χ1v) is 19.2. The molecule has 1 amide bonds. The molecule has 4 unspecified atom stereocenters. The van der Waals surface area contributed by atoms with Crippen LogP contribution in [0.4, 0.5) is 0 Å². The van der Waals surface area contributed by atoms with Gasteiger partial charge >= 0.3 is 0 Å². The number of aliphatic hydroxyl groups is 3. The molecule has 3 heterocycles. The third-order valence-electron chi connectivity index (χ3n) is 16.5. The van der Waals surface area contributed by atoms with E-state index >= 15 is 0 Å². The predicted molar refractivity (Wildman–Crippen MR) is 182 cm³/mol. The molecule has 2 saturated heterocycles. The quantitative estimate of drug-likeness (QED) is 0.413. The summed E-state index contributed by atoms with van der Waals surface area (Å²) in [5.41, 5.74) is -1.17. The second kappa shape index (κ2) is 11.0. The van der Waals surface area contributed by atoms with Crippen molar-refractivity contribution in [3.05, 3.63) is 18.2 Å². The highest BCUT2D eigenvalue weighted by molar-refractivity contribution is 5.90.